The van der Waals surface area contributed by atoms with Crippen LogP contribution >= 0.6 is 23.4 Å². The fourth-order valence-electron chi connectivity index (χ4n) is 3.27. The van der Waals surface area contributed by atoms with Gasteiger partial charge in [0.05, 0.1) is 29.1 Å². The lowest BCUT2D eigenvalue weighted by molar-refractivity contribution is -0.137. The molecule has 0 aliphatic rings. The number of halogens is 4. The van der Waals surface area contributed by atoms with Crippen LogP contribution in [0.25, 0.3) is 0 Å². The first-order valence-corrected chi connectivity index (χ1v) is 12.4. The van der Waals surface area contributed by atoms with Crippen molar-refractivity contribution in [3.05, 3.63) is 58.9 Å². The number of nitrogens with zero attached hydrogens (tertiary/aromatic N) is 3. The van der Waals surface area contributed by atoms with Crippen LogP contribution in [0.1, 0.15) is 38.3 Å². The Bertz CT molecular complexity index is 1190. The normalized spacial score (nSPS) is 12.5. The number of thioether (sulfide) groups is 1. The number of nitrogens with one attached hydrogen (secondary N) is 1. The average molecular weight is 543 g/mol. The van der Waals surface area contributed by atoms with E-state index in [0.717, 1.165) is 30.0 Å². The van der Waals surface area contributed by atoms with Gasteiger partial charge < -0.3 is 19.4 Å². The van der Waals surface area contributed by atoms with Gasteiger partial charge in [-0.2, -0.15) is 13.2 Å². The van der Waals surface area contributed by atoms with Crippen LogP contribution in [0.3, 0.4) is 0 Å². The number of amides is 1. The maximum absolute atomic E-state index is 13.0. The van der Waals surface area contributed by atoms with Gasteiger partial charge >= 0.3 is 6.18 Å². The summed E-state index contributed by atoms with van der Waals surface area (Å²) in [7, 11) is 1.58. The number of methoxy groups -OCH3 is 1. The number of ether oxygens (including phenoxy) is 2. The Kier molecular flexibility index (Phi) is 9.13. The van der Waals surface area contributed by atoms with E-state index >= 15 is 0 Å². The van der Waals surface area contributed by atoms with Gasteiger partial charge in [0, 0.05) is 6.54 Å². The van der Waals surface area contributed by atoms with Crippen molar-refractivity contribution in [3.63, 3.8) is 0 Å². The van der Waals surface area contributed by atoms with Gasteiger partial charge in [0.15, 0.2) is 17.1 Å². The van der Waals surface area contributed by atoms with Gasteiger partial charge in [-0.15, -0.1) is 10.2 Å². The predicted molar refractivity (Wildman–Crippen MR) is 133 cm³/mol. The van der Waals surface area contributed by atoms with E-state index in [0.29, 0.717) is 29.0 Å². The molecule has 36 heavy (non-hydrogen) atoms. The number of hydrogen-bond donors (Lipinski definition) is 1. The lowest BCUT2D eigenvalue weighted by Gasteiger charge is -2.18. The highest BCUT2D eigenvalue weighted by atomic mass is 35.5. The maximum Gasteiger partial charge on any atom is 0.416 e. The quantitative estimate of drug-likeness (QED) is 0.295. The van der Waals surface area contributed by atoms with Crippen molar-refractivity contribution in [2.75, 3.05) is 18.2 Å². The number of carbonyl (C=O) groups excluding carboxylic acids is 1. The molecule has 0 fully saturated rings. The standard InChI is InChI=1S/C24H26ClF3N4O3S/c1-14(2)12-32-22(15(3)35-18-8-6-17(34-4)7-9-18)30-31-23(32)36-13-21(33)29-20-11-16(24(26,27)28)5-10-19(20)25/h5-11,14-15H,12-13H2,1-4H3,(H,29,33). The first-order valence-electron chi connectivity index (χ1n) is 11.0. The Labute approximate surface area is 216 Å². The number of aromatic nitrogens is 3. The maximum atomic E-state index is 13.0. The number of anilines is 1. The minimum absolute atomic E-state index is 0.0103. The number of alkyl halides is 3. The van der Waals surface area contributed by atoms with Gasteiger partial charge in [-0.1, -0.05) is 37.2 Å². The molecule has 2 aromatic carbocycles. The van der Waals surface area contributed by atoms with E-state index in [2.05, 4.69) is 15.5 Å². The van der Waals surface area contributed by atoms with Crippen LogP contribution in [0.2, 0.25) is 5.02 Å². The summed E-state index contributed by atoms with van der Waals surface area (Å²) in [5.41, 5.74) is -1.01. The van der Waals surface area contributed by atoms with Crippen molar-refractivity contribution >= 4 is 35.0 Å². The molecule has 1 heterocycles. The van der Waals surface area contributed by atoms with Crippen molar-refractivity contribution in [2.45, 2.75) is 44.8 Å². The van der Waals surface area contributed by atoms with E-state index in [-0.39, 0.29) is 22.4 Å². The topological polar surface area (TPSA) is 78.3 Å². The number of rotatable bonds is 10. The van der Waals surface area contributed by atoms with Gasteiger partial charge in [0.1, 0.15) is 11.5 Å². The Hall–Kier alpha value is -2.92. The Morgan fingerprint density at radius 3 is 2.39 bits per heavy atom. The van der Waals surface area contributed by atoms with Crippen LogP contribution in [0, 0.1) is 5.92 Å². The van der Waals surface area contributed by atoms with Gasteiger partial charge in [0.25, 0.3) is 0 Å². The van der Waals surface area contributed by atoms with E-state index in [4.69, 9.17) is 21.1 Å². The lowest BCUT2D eigenvalue weighted by Crippen LogP contribution is -2.17. The molecule has 0 aliphatic heterocycles. The number of carbonyl (C=O) groups is 1. The second-order valence-corrected chi connectivity index (χ2v) is 9.66. The van der Waals surface area contributed by atoms with E-state index in [9.17, 15) is 18.0 Å². The summed E-state index contributed by atoms with van der Waals surface area (Å²) in [4.78, 5) is 12.5. The third-order valence-electron chi connectivity index (χ3n) is 4.93. The van der Waals surface area contributed by atoms with E-state index in [1.807, 2.05) is 25.3 Å². The second-order valence-electron chi connectivity index (χ2n) is 8.31. The van der Waals surface area contributed by atoms with Crippen molar-refractivity contribution < 1.29 is 27.4 Å². The Morgan fingerprint density at radius 2 is 1.78 bits per heavy atom. The second kappa shape index (κ2) is 11.9. The van der Waals surface area contributed by atoms with Gasteiger partial charge in [-0.05, 0) is 55.3 Å². The molecule has 0 saturated carbocycles. The Balaban J connectivity index is 1.71. The molecule has 12 heteroatoms. The third kappa shape index (κ3) is 7.30. The van der Waals surface area contributed by atoms with Gasteiger partial charge in [0.2, 0.25) is 5.91 Å². The molecule has 3 aromatic rings. The zero-order valence-corrected chi connectivity index (χ0v) is 21.7. The zero-order chi connectivity index (χ0) is 26.5. The van der Waals surface area contributed by atoms with Crippen LogP contribution in [-0.4, -0.2) is 33.5 Å². The molecule has 1 N–H and O–H groups in total. The summed E-state index contributed by atoms with van der Waals surface area (Å²) in [5.74, 6) is 1.56. The lowest BCUT2D eigenvalue weighted by atomic mass is 10.2. The van der Waals surface area contributed by atoms with Crippen LogP contribution in [-0.2, 0) is 17.5 Å². The van der Waals surface area contributed by atoms with Gasteiger partial charge in [-0.25, -0.2) is 0 Å². The van der Waals surface area contributed by atoms with Crippen molar-refractivity contribution in [3.8, 4) is 11.5 Å². The van der Waals surface area contributed by atoms with Crippen LogP contribution < -0.4 is 14.8 Å². The van der Waals surface area contributed by atoms with Crippen LogP contribution in [0.4, 0.5) is 18.9 Å². The minimum Gasteiger partial charge on any atom is -0.497 e. The van der Waals surface area contributed by atoms with E-state index < -0.39 is 23.8 Å². The molecule has 1 unspecified atom stereocenters. The van der Waals surface area contributed by atoms with Crippen LogP contribution in [0.15, 0.2) is 47.6 Å². The largest absolute Gasteiger partial charge is 0.497 e. The highest BCUT2D eigenvalue weighted by molar-refractivity contribution is 7.99. The first kappa shape index (κ1) is 27.7. The SMILES string of the molecule is COc1ccc(OC(C)c2nnc(SCC(=O)Nc3cc(C(F)(F)F)ccc3Cl)n2CC(C)C)cc1. The molecule has 0 radical (unpaired) electrons. The van der Waals surface area contributed by atoms with Crippen molar-refractivity contribution in [1.29, 1.82) is 0 Å². The van der Waals surface area contributed by atoms with E-state index in [1.54, 1.807) is 31.4 Å². The summed E-state index contributed by atoms with van der Waals surface area (Å²) >= 11 is 7.10. The fourth-order valence-corrected chi connectivity index (χ4v) is 4.19. The first-order chi connectivity index (χ1) is 17.0. The predicted octanol–water partition coefficient (Wildman–Crippen LogP) is 6.49. The molecule has 0 aliphatic carbocycles. The summed E-state index contributed by atoms with van der Waals surface area (Å²) in [6, 6.07) is 9.92. The third-order valence-corrected chi connectivity index (χ3v) is 6.23. The molecule has 0 spiro atoms. The summed E-state index contributed by atoms with van der Waals surface area (Å²) < 4.78 is 52.1. The summed E-state index contributed by atoms with van der Waals surface area (Å²) in [5, 5.41) is 11.4. The zero-order valence-electron chi connectivity index (χ0n) is 20.1. The van der Waals surface area contributed by atoms with E-state index in [1.165, 1.54) is 0 Å². The molecular weight excluding hydrogens is 517 g/mol. The summed E-state index contributed by atoms with van der Waals surface area (Å²) in [6.07, 6.45) is -4.98. The molecule has 0 saturated heterocycles. The Morgan fingerprint density at radius 1 is 1.11 bits per heavy atom. The average Bonchev–Trinajstić information content (AvgIpc) is 3.20. The fraction of sp³-hybridized carbons (Fsp3) is 0.375. The number of benzene rings is 2. The monoisotopic (exact) mass is 542 g/mol. The molecule has 0 bridgehead atoms. The molecular formula is C24H26ClF3N4O3S. The highest BCUT2D eigenvalue weighted by Gasteiger charge is 2.31. The molecule has 3 rings (SSSR count). The van der Waals surface area contributed by atoms with Crippen molar-refractivity contribution in [2.24, 2.45) is 5.92 Å². The molecule has 1 atom stereocenters. The van der Waals surface area contributed by atoms with Crippen molar-refractivity contribution in [1.82, 2.24) is 14.8 Å². The molecule has 1 amide bonds. The highest BCUT2D eigenvalue weighted by Crippen LogP contribution is 2.34. The molecule has 1 aromatic heterocycles. The summed E-state index contributed by atoms with van der Waals surface area (Å²) in [6.45, 7) is 6.51. The van der Waals surface area contributed by atoms with Gasteiger partial charge in [-0.3, -0.25) is 4.79 Å². The van der Waals surface area contributed by atoms with Crippen LogP contribution in [0.5, 0.6) is 11.5 Å². The molecule has 194 valence electrons. The molecule has 7 nitrogen and oxygen atoms in total. The minimum atomic E-state index is -4.55. The number of hydrogen-bond acceptors (Lipinski definition) is 6. The smallest absolute Gasteiger partial charge is 0.416 e.